The van der Waals surface area contributed by atoms with E-state index in [-0.39, 0.29) is 12.5 Å². The summed E-state index contributed by atoms with van der Waals surface area (Å²) in [6.07, 6.45) is 2.32. The van der Waals surface area contributed by atoms with Crippen LogP contribution >= 0.6 is 0 Å². The van der Waals surface area contributed by atoms with Gasteiger partial charge in [-0.1, -0.05) is 30.3 Å². The van der Waals surface area contributed by atoms with Crippen molar-refractivity contribution in [2.45, 2.75) is 25.3 Å². The van der Waals surface area contributed by atoms with Crippen molar-refractivity contribution in [3.8, 4) is 5.75 Å². The molecule has 7 heteroatoms. The summed E-state index contributed by atoms with van der Waals surface area (Å²) in [4.78, 5) is 35.5. The van der Waals surface area contributed by atoms with Crippen LogP contribution in [0.15, 0.2) is 42.5 Å². The summed E-state index contributed by atoms with van der Waals surface area (Å²) >= 11 is 0. The Labute approximate surface area is 157 Å². The van der Waals surface area contributed by atoms with Gasteiger partial charge >= 0.3 is 5.97 Å². The molecule has 2 aromatic rings. The lowest BCUT2D eigenvalue weighted by atomic mass is 10.1. The molecular formula is C20H22N2O5. The zero-order chi connectivity index (χ0) is 19.1. The highest BCUT2D eigenvalue weighted by Gasteiger charge is 2.22. The van der Waals surface area contributed by atoms with Crippen molar-refractivity contribution in [3.63, 3.8) is 0 Å². The number of carbonyl (C=O) groups excluding carboxylic acids is 3. The average Bonchev–Trinajstić information content (AvgIpc) is 2.89. The second-order valence-corrected chi connectivity index (χ2v) is 6.37. The SMILES string of the molecule is O=C(COC(=O)COc1ccc2ccccc2c1)N[C@H]1CCCCNC1=O. The zero-order valence-electron chi connectivity index (χ0n) is 14.9. The summed E-state index contributed by atoms with van der Waals surface area (Å²) in [5.74, 6) is -0.809. The number of hydrogen-bond donors (Lipinski definition) is 2. The molecule has 2 amide bonds. The second-order valence-electron chi connectivity index (χ2n) is 6.37. The van der Waals surface area contributed by atoms with Crippen molar-refractivity contribution < 1.29 is 23.9 Å². The van der Waals surface area contributed by atoms with Gasteiger partial charge in [0.05, 0.1) is 0 Å². The first-order valence-electron chi connectivity index (χ1n) is 8.96. The van der Waals surface area contributed by atoms with Crippen LogP contribution in [0.5, 0.6) is 5.75 Å². The fourth-order valence-corrected chi connectivity index (χ4v) is 2.90. The van der Waals surface area contributed by atoms with Gasteiger partial charge < -0.3 is 20.1 Å². The highest BCUT2D eigenvalue weighted by atomic mass is 16.6. The molecule has 27 heavy (non-hydrogen) atoms. The van der Waals surface area contributed by atoms with Gasteiger partial charge in [-0.15, -0.1) is 0 Å². The maximum atomic E-state index is 11.9. The van der Waals surface area contributed by atoms with Crippen LogP contribution in [0.2, 0.25) is 0 Å². The Bertz CT molecular complexity index is 836. The van der Waals surface area contributed by atoms with Gasteiger partial charge in [0, 0.05) is 6.54 Å². The van der Waals surface area contributed by atoms with E-state index in [9.17, 15) is 14.4 Å². The quantitative estimate of drug-likeness (QED) is 0.753. The second kappa shape index (κ2) is 9.02. The Morgan fingerprint density at radius 2 is 1.89 bits per heavy atom. The fourth-order valence-electron chi connectivity index (χ4n) is 2.90. The first kappa shape index (κ1) is 18.7. The number of rotatable bonds is 6. The minimum absolute atomic E-state index is 0.202. The van der Waals surface area contributed by atoms with Gasteiger partial charge in [-0.25, -0.2) is 4.79 Å². The number of carbonyl (C=O) groups is 3. The van der Waals surface area contributed by atoms with Gasteiger partial charge in [0.25, 0.3) is 5.91 Å². The first-order valence-corrected chi connectivity index (χ1v) is 8.96. The molecule has 142 valence electrons. The highest BCUT2D eigenvalue weighted by Crippen LogP contribution is 2.20. The largest absolute Gasteiger partial charge is 0.482 e. The van der Waals surface area contributed by atoms with Crippen LogP contribution in [0.25, 0.3) is 10.8 Å². The third-order valence-electron chi connectivity index (χ3n) is 4.31. The Hall–Kier alpha value is -3.09. The van der Waals surface area contributed by atoms with Crippen molar-refractivity contribution in [2.24, 2.45) is 0 Å². The molecule has 1 aliphatic heterocycles. The van der Waals surface area contributed by atoms with E-state index in [0.717, 1.165) is 23.6 Å². The van der Waals surface area contributed by atoms with E-state index in [4.69, 9.17) is 9.47 Å². The summed E-state index contributed by atoms with van der Waals surface area (Å²) in [6.45, 7) is -0.120. The zero-order valence-corrected chi connectivity index (χ0v) is 14.9. The van der Waals surface area contributed by atoms with Gasteiger partial charge in [0.1, 0.15) is 11.8 Å². The van der Waals surface area contributed by atoms with Crippen LogP contribution in [0.1, 0.15) is 19.3 Å². The molecule has 7 nitrogen and oxygen atoms in total. The number of hydrogen-bond acceptors (Lipinski definition) is 5. The number of ether oxygens (including phenoxy) is 2. The topological polar surface area (TPSA) is 93.7 Å². The van der Waals surface area contributed by atoms with Crippen molar-refractivity contribution >= 4 is 28.6 Å². The van der Waals surface area contributed by atoms with Gasteiger partial charge in [0.2, 0.25) is 5.91 Å². The third-order valence-corrected chi connectivity index (χ3v) is 4.31. The van der Waals surface area contributed by atoms with Crippen molar-refractivity contribution in [1.82, 2.24) is 10.6 Å². The molecule has 0 aliphatic carbocycles. The number of fused-ring (bicyclic) bond motifs is 1. The lowest BCUT2D eigenvalue weighted by molar-refractivity contribution is -0.150. The van der Waals surface area contributed by atoms with E-state index < -0.39 is 24.5 Å². The average molecular weight is 370 g/mol. The van der Waals surface area contributed by atoms with Crippen LogP contribution < -0.4 is 15.4 Å². The lowest BCUT2D eigenvalue weighted by Crippen LogP contribution is -2.46. The number of amides is 2. The number of nitrogens with one attached hydrogen (secondary N) is 2. The molecule has 0 unspecified atom stereocenters. The van der Waals surface area contributed by atoms with Gasteiger partial charge in [-0.2, -0.15) is 0 Å². The minimum atomic E-state index is -0.649. The van der Waals surface area contributed by atoms with E-state index >= 15 is 0 Å². The molecule has 0 radical (unpaired) electrons. The monoisotopic (exact) mass is 370 g/mol. The molecule has 0 saturated carbocycles. The standard InChI is InChI=1S/C20H22N2O5/c23-18(22-17-7-3-4-10-21-20(17)25)12-27-19(24)13-26-16-9-8-14-5-1-2-6-15(14)11-16/h1-2,5-6,8-9,11,17H,3-4,7,10,12-13H2,(H,21,25)(H,22,23)/t17-/m0/s1. The molecule has 0 aromatic heterocycles. The maximum absolute atomic E-state index is 11.9. The molecule has 1 saturated heterocycles. The molecule has 2 N–H and O–H groups in total. The predicted octanol–water partition coefficient (Wildman–Crippen LogP) is 1.55. The number of esters is 1. The van der Waals surface area contributed by atoms with Gasteiger partial charge in [-0.05, 0) is 42.2 Å². The van der Waals surface area contributed by atoms with Crippen molar-refractivity contribution in [3.05, 3.63) is 42.5 Å². The summed E-state index contributed by atoms with van der Waals surface area (Å²) < 4.78 is 10.3. The predicted molar refractivity (Wildman–Crippen MR) is 99.2 cm³/mol. The van der Waals surface area contributed by atoms with Crippen molar-refractivity contribution in [2.75, 3.05) is 19.8 Å². The van der Waals surface area contributed by atoms with E-state index in [1.54, 1.807) is 6.07 Å². The Morgan fingerprint density at radius 1 is 1.07 bits per heavy atom. The Morgan fingerprint density at radius 3 is 2.74 bits per heavy atom. The summed E-state index contributed by atoms with van der Waals surface area (Å²) in [5.41, 5.74) is 0. The van der Waals surface area contributed by atoms with Crippen LogP contribution in [0.4, 0.5) is 0 Å². The lowest BCUT2D eigenvalue weighted by Gasteiger charge is -2.15. The van der Waals surface area contributed by atoms with E-state index in [0.29, 0.717) is 18.7 Å². The molecule has 1 fully saturated rings. The normalized spacial score (nSPS) is 16.9. The molecule has 2 aromatic carbocycles. The third kappa shape index (κ3) is 5.44. The van der Waals surface area contributed by atoms with Gasteiger partial charge in [-0.3, -0.25) is 9.59 Å². The van der Waals surface area contributed by atoms with E-state index in [1.807, 2.05) is 36.4 Å². The molecule has 1 aliphatic rings. The molecular weight excluding hydrogens is 348 g/mol. The molecule has 0 bridgehead atoms. The van der Waals surface area contributed by atoms with Crippen LogP contribution in [-0.4, -0.2) is 43.6 Å². The highest BCUT2D eigenvalue weighted by molar-refractivity contribution is 5.89. The van der Waals surface area contributed by atoms with E-state index in [1.165, 1.54) is 0 Å². The smallest absolute Gasteiger partial charge is 0.344 e. The van der Waals surface area contributed by atoms with Crippen LogP contribution in [0, 0.1) is 0 Å². The Kier molecular flexibility index (Phi) is 6.25. The number of benzene rings is 2. The summed E-state index contributed by atoms with van der Waals surface area (Å²) in [5, 5.41) is 7.40. The molecule has 3 rings (SSSR count). The molecule has 1 atom stereocenters. The minimum Gasteiger partial charge on any atom is -0.482 e. The summed E-state index contributed by atoms with van der Waals surface area (Å²) in [6, 6.07) is 12.7. The summed E-state index contributed by atoms with van der Waals surface area (Å²) in [7, 11) is 0. The van der Waals surface area contributed by atoms with Gasteiger partial charge in [0.15, 0.2) is 13.2 Å². The fraction of sp³-hybridized carbons (Fsp3) is 0.350. The van der Waals surface area contributed by atoms with Crippen LogP contribution in [-0.2, 0) is 19.1 Å². The van der Waals surface area contributed by atoms with Crippen LogP contribution in [0.3, 0.4) is 0 Å². The molecule has 1 heterocycles. The van der Waals surface area contributed by atoms with E-state index in [2.05, 4.69) is 10.6 Å². The molecule has 0 spiro atoms. The van der Waals surface area contributed by atoms with Crippen molar-refractivity contribution in [1.29, 1.82) is 0 Å². The Balaban J connectivity index is 1.42. The maximum Gasteiger partial charge on any atom is 0.344 e. The first-order chi connectivity index (χ1) is 13.1.